The molecule has 0 bridgehead atoms. The van der Waals surface area contributed by atoms with Gasteiger partial charge in [0.2, 0.25) is 4.80 Å². The first-order valence-corrected chi connectivity index (χ1v) is 9.34. The lowest BCUT2D eigenvalue weighted by atomic mass is 10.1. The van der Waals surface area contributed by atoms with Gasteiger partial charge in [-0.1, -0.05) is 18.2 Å². The van der Waals surface area contributed by atoms with Gasteiger partial charge in [0.15, 0.2) is 0 Å². The van der Waals surface area contributed by atoms with E-state index in [0.29, 0.717) is 16.1 Å². The number of phenols is 2. The van der Waals surface area contributed by atoms with E-state index in [1.54, 1.807) is 34.9 Å². The summed E-state index contributed by atoms with van der Waals surface area (Å²) in [4.78, 5) is 4.92. The molecule has 2 aromatic heterocycles. The van der Waals surface area contributed by atoms with Gasteiger partial charge in [0, 0.05) is 35.8 Å². The normalized spacial score (nSPS) is 12.1. The third-order valence-corrected chi connectivity index (χ3v) is 4.99. The number of rotatable bonds is 4. The fourth-order valence-corrected chi connectivity index (χ4v) is 3.53. The highest BCUT2D eigenvalue weighted by molar-refractivity contribution is 7.07. The standard InChI is InChI=1S/C20H17N5O2S/c1-21-20-25(18(13-28-20)17-8-7-16(26)9-19(17)27)23-11-14-10-22-24(12-14)15-5-3-2-4-6-15/h2-13,26-27H,1H3. The van der Waals surface area contributed by atoms with E-state index in [1.807, 2.05) is 41.9 Å². The number of aromatic hydroxyl groups is 2. The lowest BCUT2D eigenvalue weighted by Crippen LogP contribution is -2.11. The fourth-order valence-electron chi connectivity index (χ4n) is 2.73. The zero-order valence-electron chi connectivity index (χ0n) is 15.0. The second kappa shape index (κ2) is 7.53. The second-order valence-electron chi connectivity index (χ2n) is 5.94. The van der Waals surface area contributed by atoms with Crippen LogP contribution in [0.4, 0.5) is 0 Å². The number of phenolic OH excluding ortho intramolecular Hbond substituents is 2. The molecule has 0 saturated carbocycles. The number of hydrogen-bond acceptors (Lipinski definition) is 6. The third kappa shape index (κ3) is 3.45. The molecule has 4 aromatic rings. The molecule has 0 radical (unpaired) electrons. The van der Waals surface area contributed by atoms with Gasteiger partial charge in [-0.2, -0.15) is 10.2 Å². The molecule has 2 heterocycles. The fraction of sp³-hybridized carbons (Fsp3) is 0.0500. The molecule has 0 amide bonds. The molecule has 28 heavy (non-hydrogen) atoms. The van der Waals surface area contributed by atoms with Gasteiger partial charge in [-0.05, 0) is 24.3 Å². The first kappa shape index (κ1) is 17.7. The summed E-state index contributed by atoms with van der Waals surface area (Å²) in [5, 5.41) is 30.5. The molecule has 0 saturated heterocycles. The Morgan fingerprint density at radius 3 is 2.68 bits per heavy atom. The summed E-state index contributed by atoms with van der Waals surface area (Å²) in [6.45, 7) is 0. The number of para-hydroxylation sites is 1. The molecule has 8 heteroatoms. The Morgan fingerprint density at radius 1 is 1.11 bits per heavy atom. The van der Waals surface area contributed by atoms with Crippen LogP contribution in [0.2, 0.25) is 0 Å². The Balaban J connectivity index is 1.70. The zero-order chi connectivity index (χ0) is 19.5. The minimum absolute atomic E-state index is 0.000240. The molecular weight excluding hydrogens is 374 g/mol. The van der Waals surface area contributed by atoms with Crippen molar-refractivity contribution in [1.82, 2.24) is 14.5 Å². The lowest BCUT2D eigenvalue weighted by Gasteiger charge is -2.06. The van der Waals surface area contributed by atoms with Crippen molar-refractivity contribution in [3.63, 3.8) is 0 Å². The number of nitrogens with zero attached hydrogens (tertiary/aromatic N) is 5. The molecule has 7 nitrogen and oxygen atoms in total. The van der Waals surface area contributed by atoms with Crippen molar-refractivity contribution < 1.29 is 10.2 Å². The van der Waals surface area contributed by atoms with Crippen LogP contribution in [-0.4, -0.2) is 37.9 Å². The summed E-state index contributed by atoms with van der Waals surface area (Å²) < 4.78 is 3.42. The molecule has 4 rings (SSSR count). The maximum absolute atomic E-state index is 10.2. The molecule has 140 valence electrons. The predicted octanol–water partition coefficient (Wildman–Crippen LogP) is 3.23. The van der Waals surface area contributed by atoms with E-state index in [0.717, 1.165) is 11.3 Å². The summed E-state index contributed by atoms with van der Waals surface area (Å²) in [5.41, 5.74) is 3.02. The van der Waals surface area contributed by atoms with Crippen LogP contribution in [0, 0.1) is 0 Å². The van der Waals surface area contributed by atoms with Crippen LogP contribution in [0.5, 0.6) is 11.5 Å². The summed E-state index contributed by atoms with van der Waals surface area (Å²) in [6.07, 6.45) is 5.30. The van der Waals surface area contributed by atoms with Gasteiger partial charge in [-0.25, -0.2) is 9.36 Å². The van der Waals surface area contributed by atoms with E-state index >= 15 is 0 Å². The van der Waals surface area contributed by atoms with Crippen molar-refractivity contribution in [2.45, 2.75) is 0 Å². The average Bonchev–Trinajstić information content (AvgIpc) is 3.34. The van der Waals surface area contributed by atoms with E-state index in [9.17, 15) is 10.2 Å². The molecule has 0 aliphatic carbocycles. The molecule has 2 aromatic carbocycles. The maximum atomic E-state index is 10.2. The van der Waals surface area contributed by atoms with Gasteiger partial charge in [-0.3, -0.25) is 4.99 Å². The van der Waals surface area contributed by atoms with E-state index in [4.69, 9.17) is 0 Å². The zero-order valence-corrected chi connectivity index (χ0v) is 15.8. The van der Waals surface area contributed by atoms with Crippen molar-refractivity contribution in [2.75, 3.05) is 7.05 Å². The summed E-state index contributed by atoms with van der Waals surface area (Å²) >= 11 is 1.41. The van der Waals surface area contributed by atoms with Crippen LogP contribution >= 0.6 is 11.3 Å². The molecule has 0 unspecified atom stereocenters. The van der Waals surface area contributed by atoms with Crippen LogP contribution in [0.15, 0.2) is 76.4 Å². The monoisotopic (exact) mass is 391 g/mol. The van der Waals surface area contributed by atoms with Crippen molar-refractivity contribution in [3.8, 4) is 28.4 Å². The van der Waals surface area contributed by atoms with Crippen molar-refractivity contribution in [3.05, 3.63) is 76.7 Å². The Morgan fingerprint density at radius 2 is 1.93 bits per heavy atom. The van der Waals surface area contributed by atoms with E-state index in [1.165, 1.54) is 23.5 Å². The Kier molecular flexibility index (Phi) is 4.77. The Hall–Kier alpha value is -3.65. The van der Waals surface area contributed by atoms with Gasteiger partial charge in [0.25, 0.3) is 0 Å². The molecular formula is C20H17N5O2S. The molecule has 2 N–H and O–H groups in total. The minimum atomic E-state index is -0.0266. The minimum Gasteiger partial charge on any atom is -0.508 e. The SMILES string of the molecule is CN=c1scc(-c2ccc(O)cc2O)n1N=Cc1cnn(-c2ccccc2)c1. The number of thiazole rings is 1. The molecule has 0 aliphatic rings. The maximum Gasteiger partial charge on any atom is 0.205 e. The van der Waals surface area contributed by atoms with E-state index in [2.05, 4.69) is 15.2 Å². The largest absolute Gasteiger partial charge is 0.508 e. The quantitative estimate of drug-likeness (QED) is 0.524. The Bertz CT molecular complexity index is 1200. The van der Waals surface area contributed by atoms with E-state index < -0.39 is 0 Å². The Labute approximate surface area is 164 Å². The molecule has 0 spiro atoms. The van der Waals surface area contributed by atoms with E-state index in [-0.39, 0.29) is 11.5 Å². The molecule has 0 fully saturated rings. The van der Waals surface area contributed by atoms with Crippen LogP contribution in [0.3, 0.4) is 0 Å². The summed E-state index contributed by atoms with van der Waals surface area (Å²) in [6, 6.07) is 14.3. The highest BCUT2D eigenvalue weighted by Gasteiger charge is 2.12. The van der Waals surface area contributed by atoms with Crippen LogP contribution in [0.1, 0.15) is 5.56 Å². The van der Waals surface area contributed by atoms with Crippen molar-refractivity contribution >= 4 is 17.6 Å². The smallest absolute Gasteiger partial charge is 0.205 e. The first-order chi connectivity index (χ1) is 13.7. The highest BCUT2D eigenvalue weighted by atomic mass is 32.1. The first-order valence-electron chi connectivity index (χ1n) is 8.46. The highest BCUT2D eigenvalue weighted by Crippen LogP contribution is 2.32. The second-order valence-corrected chi connectivity index (χ2v) is 6.78. The van der Waals surface area contributed by atoms with Crippen LogP contribution < -0.4 is 4.80 Å². The molecule has 0 aliphatic heterocycles. The van der Waals surface area contributed by atoms with Gasteiger partial charge >= 0.3 is 0 Å². The topological polar surface area (TPSA) is 87.9 Å². The van der Waals surface area contributed by atoms with Crippen LogP contribution in [0.25, 0.3) is 16.9 Å². The predicted molar refractivity (Wildman–Crippen MR) is 109 cm³/mol. The summed E-state index contributed by atoms with van der Waals surface area (Å²) in [7, 11) is 1.69. The van der Waals surface area contributed by atoms with Gasteiger partial charge in [-0.15, -0.1) is 11.3 Å². The van der Waals surface area contributed by atoms with Crippen molar-refractivity contribution in [2.24, 2.45) is 10.1 Å². The van der Waals surface area contributed by atoms with Gasteiger partial charge < -0.3 is 10.2 Å². The number of benzene rings is 2. The number of hydrogen-bond donors (Lipinski definition) is 2. The third-order valence-electron chi connectivity index (χ3n) is 4.08. The molecule has 0 atom stereocenters. The summed E-state index contributed by atoms with van der Waals surface area (Å²) in [5.74, 6) is -0.0263. The van der Waals surface area contributed by atoms with Gasteiger partial charge in [0.05, 0.1) is 23.8 Å². The van der Waals surface area contributed by atoms with Crippen LogP contribution in [-0.2, 0) is 0 Å². The van der Waals surface area contributed by atoms with Crippen molar-refractivity contribution in [1.29, 1.82) is 0 Å². The average molecular weight is 391 g/mol. The van der Waals surface area contributed by atoms with Gasteiger partial charge in [0.1, 0.15) is 11.5 Å². The number of aromatic nitrogens is 3. The lowest BCUT2D eigenvalue weighted by molar-refractivity contribution is 0.451.